The molecule has 0 atom stereocenters. The summed E-state index contributed by atoms with van der Waals surface area (Å²) in [5.74, 6) is 0. The number of fused-ring (bicyclic) bond motifs is 1. The summed E-state index contributed by atoms with van der Waals surface area (Å²) in [5, 5.41) is 3.08. The second-order valence-corrected chi connectivity index (χ2v) is 3.40. The molecular weight excluding hydrogens is 204 g/mol. The summed E-state index contributed by atoms with van der Waals surface area (Å²) in [6.07, 6.45) is 0. The fraction of sp³-hybridized carbons (Fsp3) is 0. The van der Waals surface area contributed by atoms with Crippen LogP contribution in [0.25, 0.3) is 11.0 Å². The fourth-order valence-corrected chi connectivity index (χ4v) is 1.70. The van der Waals surface area contributed by atoms with Crippen molar-refractivity contribution in [1.29, 1.82) is 0 Å². The SMILES string of the molecule is NC(=S)Nc1cccc2nsnc12. The number of aromatic nitrogens is 2. The third kappa shape index (κ3) is 1.58. The molecule has 3 N–H and O–H groups in total. The van der Waals surface area contributed by atoms with Gasteiger partial charge in [0.15, 0.2) is 5.11 Å². The van der Waals surface area contributed by atoms with Gasteiger partial charge >= 0.3 is 0 Å². The van der Waals surface area contributed by atoms with Crippen LogP contribution < -0.4 is 11.1 Å². The quantitative estimate of drug-likeness (QED) is 0.695. The van der Waals surface area contributed by atoms with E-state index < -0.39 is 0 Å². The highest BCUT2D eigenvalue weighted by Crippen LogP contribution is 2.20. The Hall–Kier alpha value is -1.27. The molecule has 0 saturated heterocycles. The molecule has 0 bridgehead atoms. The molecule has 0 aliphatic heterocycles. The number of thiocarbonyl (C=S) groups is 1. The number of nitrogens with one attached hydrogen (secondary N) is 1. The van der Waals surface area contributed by atoms with E-state index in [2.05, 4.69) is 14.1 Å². The minimum atomic E-state index is 0.237. The molecule has 4 nitrogen and oxygen atoms in total. The van der Waals surface area contributed by atoms with Gasteiger partial charge in [-0.25, -0.2) is 0 Å². The highest BCUT2D eigenvalue weighted by molar-refractivity contribution is 7.80. The lowest BCUT2D eigenvalue weighted by molar-refractivity contribution is 1.59. The Bertz CT molecular complexity index is 450. The van der Waals surface area contributed by atoms with Gasteiger partial charge in [-0.15, -0.1) is 0 Å². The smallest absolute Gasteiger partial charge is 0.168 e. The molecule has 0 amide bonds. The second-order valence-electron chi connectivity index (χ2n) is 2.43. The van der Waals surface area contributed by atoms with Crippen molar-refractivity contribution in [2.75, 3.05) is 5.32 Å². The third-order valence-corrected chi connectivity index (χ3v) is 2.19. The zero-order valence-corrected chi connectivity index (χ0v) is 8.15. The van der Waals surface area contributed by atoms with Gasteiger partial charge in [0.2, 0.25) is 0 Å². The average molecular weight is 210 g/mol. The maximum absolute atomic E-state index is 5.36. The number of anilines is 1. The van der Waals surface area contributed by atoms with Crippen LogP contribution in [0, 0.1) is 0 Å². The second kappa shape index (κ2) is 3.23. The molecule has 2 aromatic rings. The van der Waals surface area contributed by atoms with Crippen molar-refractivity contribution in [3.05, 3.63) is 18.2 Å². The summed E-state index contributed by atoms with van der Waals surface area (Å²) in [4.78, 5) is 0. The predicted molar refractivity (Wildman–Crippen MR) is 57.8 cm³/mol. The Morgan fingerprint density at radius 2 is 2.31 bits per heavy atom. The highest BCUT2D eigenvalue weighted by Gasteiger charge is 2.03. The first-order valence-corrected chi connectivity index (χ1v) is 4.69. The van der Waals surface area contributed by atoms with E-state index in [4.69, 9.17) is 18.0 Å². The molecule has 1 aromatic carbocycles. The van der Waals surface area contributed by atoms with Gasteiger partial charge in [0.1, 0.15) is 11.0 Å². The van der Waals surface area contributed by atoms with Crippen LogP contribution >= 0.6 is 23.9 Å². The molecule has 6 heteroatoms. The summed E-state index contributed by atoms with van der Waals surface area (Å²) in [7, 11) is 0. The van der Waals surface area contributed by atoms with E-state index in [-0.39, 0.29) is 5.11 Å². The van der Waals surface area contributed by atoms with Crippen molar-refractivity contribution >= 4 is 45.8 Å². The standard InChI is InChI=1S/C7H6N4S2/c8-7(12)9-4-2-1-3-5-6(4)11-13-10-5/h1-3H,(H3,8,9,12). The molecular formula is C7H6N4S2. The largest absolute Gasteiger partial charge is 0.376 e. The van der Waals surface area contributed by atoms with Crippen molar-refractivity contribution < 1.29 is 0 Å². The van der Waals surface area contributed by atoms with Crippen LogP contribution in [0.4, 0.5) is 5.69 Å². The van der Waals surface area contributed by atoms with Gasteiger partial charge in [-0.2, -0.15) is 8.75 Å². The molecule has 0 saturated carbocycles. The van der Waals surface area contributed by atoms with E-state index in [1.165, 1.54) is 11.7 Å². The Labute approximate surface area is 84.1 Å². The van der Waals surface area contributed by atoms with Crippen LogP contribution in [0.1, 0.15) is 0 Å². The zero-order chi connectivity index (χ0) is 9.26. The Kier molecular flexibility index (Phi) is 2.07. The van der Waals surface area contributed by atoms with Crippen LogP contribution in [-0.2, 0) is 0 Å². The van der Waals surface area contributed by atoms with Gasteiger partial charge in [0.05, 0.1) is 17.4 Å². The summed E-state index contributed by atoms with van der Waals surface area (Å²) in [6, 6.07) is 5.64. The molecule has 1 heterocycles. The lowest BCUT2D eigenvalue weighted by Gasteiger charge is -2.02. The lowest BCUT2D eigenvalue weighted by Crippen LogP contribution is -2.18. The summed E-state index contributed by atoms with van der Waals surface area (Å²) in [5.41, 5.74) is 7.82. The van der Waals surface area contributed by atoms with Crippen LogP contribution in [0.3, 0.4) is 0 Å². The summed E-state index contributed by atoms with van der Waals surface area (Å²) >= 11 is 5.91. The maximum atomic E-state index is 5.36. The Morgan fingerprint density at radius 1 is 1.46 bits per heavy atom. The first kappa shape index (κ1) is 8.33. The minimum absolute atomic E-state index is 0.237. The summed E-state index contributed by atoms with van der Waals surface area (Å²) in [6.45, 7) is 0. The van der Waals surface area contributed by atoms with E-state index in [0.717, 1.165) is 16.7 Å². The third-order valence-electron chi connectivity index (χ3n) is 1.54. The molecule has 1 aromatic heterocycles. The van der Waals surface area contributed by atoms with Crippen LogP contribution in [0.15, 0.2) is 18.2 Å². The molecule has 13 heavy (non-hydrogen) atoms. The van der Waals surface area contributed by atoms with Crippen LogP contribution in [-0.4, -0.2) is 13.9 Å². The lowest BCUT2D eigenvalue weighted by atomic mass is 10.3. The van der Waals surface area contributed by atoms with E-state index in [1.54, 1.807) is 0 Å². The first-order valence-electron chi connectivity index (χ1n) is 3.55. The van der Waals surface area contributed by atoms with Gasteiger partial charge < -0.3 is 11.1 Å². The Balaban J connectivity index is 2.54. The highest BCUT2D eigenvalue weighted by atomic mass is 32.1. The van der Waals surface area contributed by atoms with Crippen molar-refractivity contribution in [2.45, 2.75) is 0 Å². The molecule has 0 aliphatic carbocycles. The minimum Gasteiger partial charge on any atom is -0.376 e. The summed E-state index contributed by atoms with van der Waals surface area (Å²) < 4.78 is 8.22. The van der Waals surface area contributed by atoms with E-state index in [9.17, 15) is 0 Å². The fourth-order valence-electron chi connectivity index (χ4n) is 1.04. The Morgan fingerprint density at radius 3 is 3.08 bits per heavy atom. The van der Waals surface area contributed by atoms with Gasteiger partial charge in [0.25, 0.3) is 0 Å². The van der Waals surface area contributed by atoms with Gasteiger partial charge in [0, 0.05) is 0 Å². The molecule has 0 unspecified atom stereocenters. The predicted octanol–water partition coefficient (Wildman–Crippen LogP) is 1.35. The van der Waals surface area contributed by atoms with Gasteiger partial charge in [-0.1, -0.05) is 6.07 Å². The van der Waals surface area contributed by atoms with E-state index in [1.807, 2.05) is 18.2 Å². The van der Waals surface area contributed by atoms with Crippen molar-refractivity contribution in [1.82, 2.24) is 8.75 Å². The molecule has 2 rings (SSSR count). The number of benzene rings is 1. The van der Waals surface area contributed by atoms with Gasteiger partial charge in [-0.05, 0) is 24.4 Å². The van der Waals surface area contributed by atoms with Crippen LogP contribution in [0.2, 0.25) is 0 Å². The van der Waals surface area contributed by atoms with Gasteiger partial charge in [-0.3, -0.25) is 0 Å². The molecule has 0 fully saturated rings. The number of nitrogens with two attached hydrogens (primary N) is 1. The number of nitrogens with zero attached hydrogens (tertiary/aromatic N) is 2. The molecule has 0 spiro atoms. The zero-order valence-electron chi connectivity index (χ0n) is 6.52. The average Bonchev–Trinajstić information content (AvgIpc) is 2.51. The van der Waals surface area contributed by atoms with Crippen LogP contribution in [0.5, 0.6) is 0 Å². The van der Waals surface area contributed by atoms with E-state index in [0.29, 0.717) is 0 Å². The molecule has 0 radical (unpaired) electrons. The number of hydrogen-bond acceptors (Lipinski definition) is 4. The van der Waals surface area contributed by atoms with E-state index >= 15 is 0 Å². The number of hydrogen-bond donors (Lipinski definition) is 2. The number of rotatable bonds is 1. The van der Waals surface area contributed by atoms with Crippen molar-refractivity contribution in [3.63, 3.8) is 0 Å². The normalized spacial score (nSPS) is 10.2. The molecule has 66 valence electrons. The molecule has 0 aliphatic rings. The van der Waals surface area contributed by atoms with Crippen molar-refractivity contribution in [3.8, 4) is 0 Å². The van der Waals surface area contributed by atoms with Crippen molar-refractivity contribution in [2.24, 2.45) is 5.73 Å². The maximum Gasteiger partial charge on any atom is 0.168 e. The first-order chi connectivity index (χ1) is 6.27. The monoisotopic (exact) mass is 210 g/mol. The topological polar surface area (TPSA) is 63.8 Å².